The molecule has 4 nitrogen and oxygen atoms in total. The van der Waals surface area contributed by atoms with E-state index in [2.05, 4.69) is 42.3 Å². The highest BCUT2D eigenvalue weighted by Gasteiger charge is 2.18. The van der Waals surface area contributed by atoms with E-state index in [0.717, 1.165) is 32.5 Å². The predicted molar refractivity (Wildman–Crippen MR) is 98.4 cm³/mol. The summed E-state index contributed by atoms with van der Waals surface area (Å²) < 4.78 is 5.25. The van der Waals surface area contributed by atoms with Crippen LogP contribution in [0.15, 0.2) is 18.2 Å². The number of alkyl carbamates (subject to hydrolysis) is 1. The van der Waals surface area contributed by atoms with Gasteiger partial charge in [-0.15, -0.1) is 0 Å². The van der Waals surface area contributed by atoms with Gasteiger partial charge in [-0.3, -0.25) is 4.90 Å². The monoisotopic (exact) mass is 332 g/mol. The Balaban J connectivity index is 1.76. The van der Waals surface area contributed by atoms with E-state index < -0.39 is 5.60 Å². The van der Waals surface area contributed by atoms with Crippen LogP contribution in [-0.2, 0) is 17.7 Å². The lowest BCUT2D eigenvalue weighted by molar-refractivity contribution is 0.0525. The molecule has 1 aliphatic rings. The maximum atomic E-state index is 11.6. The summed E-state index contributed by atoms with van der Waals surface area (Å²) in [6, 6.07) is 6.93. The third-order valence-electron chi connectivity index (χ3n) is 4.31. The highest BCUT2D eigenvalue weighted by atomic mass is 16.6. The summed E-state index contributed by atoms with van der Waals surface area (Å²) in [6.45, 7) is 13.9. The molecule has 0 saturated heterocycles. The number of carbonyl (C=O) groups is 1. The summed E-state index contributed by atoms with van der Waals surface area (Å²) in [5.41, 5.74) is 3.94. The SMILES string of the molecule is CC(C)c1ccc2c(c1)CN(CCCNC(=O)OC(C)(C)C)CC2. The van der Waals surface area contributed by atoms with Gasteiger partial charge in [0, 0.05) is 26.2 Å². The topological polar surface area (TPSA) is 41.6 Å². The van der Waals surface area contributed by atoms with Gasteiger partial charge in [-0.2, -0.15) is 0 Å². The molecule has 0 radical (unpaired) electrons. The Bertz CT molecular complexity index is 561. The van der Waals surface area contributed by atoms with Gasteiger partial charge in [-0.05, 0) is 56.2 Å². The van der Waals surface area contributed by atoms with Gasteiger partial charge in [0.05, 0.1) is 0 Å². The number of nitrogens with one attached hydrogen (secondary N) is 1. The molecule has 0 fully saturated rings. The molecule has 1 aromatic carbocycles. The molecule has 4 heteroatoms. The number of amides is 1. The molecule has 0 spiro atoms. The molecule has 0 unspecified atom stereocenters. The minimum atomic E-state index is -0.436. The van der Waals surface area contributed by atoms with E-state index in [1.165, 1.54) is 16.7 Å². The minimum absolute atomic E-state index is 0.326. The number of ether oxygens (including phenoxy) is 1. The van der Waals surface area contributed by atoms with Crippen molar-refractivity contribution in [1.29, 1.82) is 0 Å². The van der Waals surface area contributed by atoms with E-state index in [9.17, 15) is 4.79 Å². The van der Waals surface area contributed by atoms with Gasteiger partial charge >= 0.3 is 6.09 Å². The number of rotatable bonds is 5. The second kappa shape index (κ2) is 8.02. The number of hydrogen-bond acceptors (Lipinski definition) is 3. The summed E-state index contributed by atoms with van der Waals surface area (Å²) in [5, 5.41) is 2.83. The Hall–Kier alpha value is -1.55. The summed E-state index contributed by atoms with van der Waals surface area (Å²) in [7, 11) is 0. The maximum Gasteiger partial charge on any atom is 0.407 e. The summed E-state index contributed by atoms with van der Waals surface area (Å²) in [5.74, 6) is 0.573. The number of benzene rings is 1. The fourth-order valence-corrected chi connectivity index (χ4v) is 2.99. The van der Waals surface area contributed by atoms with E-state index in [1.807, 2.05) is 20.8 Å². The summed E-state index contributed by atoms with van der Waals surface area (Å²) >= 11 is 0. The van der Waals surface area contributed by atoms with E-state index in [0.29, 0.717) is 12.5 Å². The Morgan fingerprint density at radius 1 is 1.29 bits per heavy atom. The fourth-order valence-electron chi connectivity index (χ4n) is 2.99. The van der Waals surface area contributed by atoms with Gasteiger partial charge in [0.2, 0.25) is 0 Å². The van der Waals surface area contributed by atoms with Crippen molar-refractivity contribution in [3.63, 3.8) is 0 Å². The smallest absolute Gasteiger partial charge is 0.407 e. The number of carbonyl (C=O) groups excluding carboxylic acids is 1. The molecule has 0 aromatic heterocycles. The van der Waals surface area contributed by atoms with E-state index in [4.69, 9.17) is 4.74 Å². The molecule has 1 amide bonds. The maximum absolute atomic E-state index is 11.6. The number of fused-ring (bicyclic) bond motifs is 1. The van der Waals surface area contributed by atoms with E-state index in [1.54, 1.807) is 0 Å². The highest BCUT2D eigenvalue weighted by Crippen LogP contribution is 2.24. The Kier molecular flexibility index (Phi) is 6.27. The molecule has 0 saturated carbocycles. The van der Waals surface area contributed by atoms with Crippen molar-refractivity contribution in [2.75, 3.05) is 19.6 Å². The van der Waals surface area contributed by atoms with Crippen LogP contribution >= 0.6 is 0 Å². The average Bonchev–Trinajstić information content (AvgIpc) is 2.49. The van der Waals surface area contributed by atoms with Gasteiger partial charge in [0.1, 0.15) is 5.60 Å². The largest absolute Gasteiger partial charge is 0.444 e. The van der Waals surface area contributed by atoms with Crippen LogP contribution in [0, 0.1) is 0 Å². The normalized spacial score (nSPS) is 15.2. The first kappa shape index (κ1) is 18.8. The van der Waals surface area contributed by atoms with Crippen LogP contribution in [0.2, 0.25) is 0 Å². The van der Waals surface area contributed by atoms with Gasteiger partial charge in [0.25, 0.3) is 0 Å². The Morgan fingerprint density at radius 3 is 2.71 bits per heavy atom. The average molecular weight is 332 g/mol. The molecule has 134 valence electrons. The lowest BCUT2D eigenvalue weighted by Crippen LogP contribution is -2.36. The van der Waals surface area contributed by atoms with Crippen molar-refractivity contribution in [3.05, 3.63) is 34.9 Å². The molecule has 1 N–H and O–H groups in total. The first-order valence-electron chi connectivity index (χ1n) is 9.05. The molecule has 0 aliphatic carbocycles. The quantitative estimate of drug-likeness (QED) is 0.826. The molecule has 2 rings (SSSR count). The van der Waals surface area contributed by atoms with Crippen molar-refractivity contribution in [3.8, 4) is 0 Å². The lowest BCUT2D eigenvalue weighted by atomic mass is 9.93. The molecule has 1 heterocycles. The van der Waals surface area contributed by atoms with Gasteiger partial charge in [-0.1, -0.05) is 32.0 Å². The van der Waals surface area contributed by atoms with Crippen LogP contribution in [-0.4, -0.2) is 36.2 Å². The van der Waals surface area contributed by atoms with Crippen LogP contribution in [0.5, 0.6) is 0 Å². The standard InChI is InChI=1S/C20H32N2O2/c1-15(2)17-8-7-16-9-12-22(14-18(16)13-17)11-6-10-21-19(23)24-20(3,4)5/h7-8,13,15H,6,9-12,14H2,1-5H3,(H,21,23). The van der Waals surface area contributed by atoms with Gasteiger partial charge in [0.15, 0.2) is 0 Å². The van der Waals surface area contributed by atoms with Crippen LogP contribution in [0.1, 0.15) is 63.6 Å². The van der Waals surface area contributed by atoms with Gasteiger partial charge in [-0.25, -0.2) is 4.79 Å². The minimum Gasteiger partial charge on any atom is -0.444 e. The van der Waals surface area contributed by atoms with Crippen LogP contribution < -0.4 is 5.32 Å². The zero-order valence-corrected chi connectivity index (χ0v) is 15.8. The molecule has 24 heavy (non-hydrogen) atoms. The third kappa shape index (κ3) is 5.82. The molecule has 1 aliphatic heterocycles. The number of hydrogen-bond donors (Lipinski definition) is 1. The summed E-state index contributed by atoms with van der Waals surface area (Å²) in [4.78, 5) is 14.1. The van der Waals surface area contributed by atoms with Crippen LogP contribution in [0.4, 0.5) is 4.79 Å². The van der Waals surface area contributed by atoms with Crippen molar-refractivity contribution in [1.82, 2.24) is 10.2 Å². The van der Waals surface area contributed by atoms with Crippen LogP contribution in [0.3, 0.4) is 0 Å². The fraction of sp³-hybridized carbons (Fsp3) is 0.650. The van der Waals surface area contributed by atoms with Crippen molar-refractivity contribution in [2.24, 2.45) is 0 Å². The zero-order valence-electron chi connectivity index (χ0n) is 15.8. The molecular weight excluding hydrogens is 300 g/mol. The third-order valence-corrected chi connectivity index (χ3v) is 4.31. The second-order valence-corrected chi connectivity index (χ2v) is 7.99. The first-order chi connectivity index (χ1) is 11.2. The molecule has 0 atom stereocenters. The number of nitrogens with zero attached hydrogens (tertiary/aromatic N) is 1. The van der Waals surface area contributed by atoms with E-state index in [-0.39, 0.29) is 6.09 Å². The second-order valence-electron chi connectivity index (χ2n) is 7.99. The first-order valence-corrected chi connectivity index (χ1v) is 9.05. The zero-order chi connectivity index (χ0) is 17.7. The molecular formula is C20H32N2O2. The van der Waals surface area contributed by atoms with Gasteiger partial charge < -0.3 is 10.1 Å². The van der Waals surface area contributed by atoms with E-state index >= 15 is 0 Å². The highest BCUT2D eigenvalue weighted by molar-refractivity contribution is 5.67. The predicted octanol–water partition coefficient (Wildman–Crippen LogP) is 4.08. The Labute approximate surface area is 146 Å². The molecule has 0 bridgehead atoms. The molecule has 1 aromatic rings. The summed E-state index contributed by atoms with van der Waals surface area (Å²) in [6.07, 6.45) is 1.74. The van der Waals surface area contributed by atoms with Crippen molar-refractivity contribution < 1.29 is 9.53 Å². The van der Waals surface area contributed by atoms with Crippen molar-refractivity contribution in [2.45, 2.75) is 65.5 Å². The van der Waals surface area contributed by atoms with Crippen LogP contribution in [0.25, 0.3) is 0 Å². The lowest BCUT2D eigenvalue weighted by Gasteiger charge is -2.29. The Morgan fingerprint density at radius 2 is 2.04 bits per heavy atom. The van der Waals surface area contributed by atoms with Crippen molar-refractivity contribution >= 4 is 6.09 Å².